The second-order valence-electron chi connectivity index (χ2n) is 14.3. The molecule has 2 heterocycles. The predicted molar refractivity (Wildman–Crippen MR) is 181 cm³/mol. The Bertz CT molecular complexity index is 1240. The van der Waals surface area contributed by atoms with Crippen LogP contribution in [-0.4, -0.2) is 98.9 Å². The van der Waals surface area contributed by atoms with Crippen LogP contribution in [0.15, 0.2) is 42.5 Å². The van der Waals surface area contributed by atoms with Crippen molar-refractivity contribution in [2.24, 2.45) is 0 Å². The Balaban J connectivity index is 1.15. The molecule has 2 aromatic carbocycles. The highest BCUT2D eigenvalue weighted by Gasteiger charge is 2.44. The topological polar surface area (TPSA) is 61.9 Å². The van der Waals surface area contributed by atoms with Gasteiger partial charge in [0.2, 0.25) is 0 Å². The molecule has 8 heteroatoms. The lowest BCUT2D eigenvalue weighted by atomic mass is 9.76. The number of rotatable bonds is 13. The minimum absolute atomic E-state index is 0.184. The summed E-state index contributed by atoms with van der Waals surface area (Å²) in [5.74, 6) is 3.89. The number of hydrogen-bond acceptors (Lipinski definition) is 8. The van der Waals surface area contributed by atoms with Crippen molar-refractivity contribution in [2.45, 2.75) is 127 Å². The second kappa shape index (κ2) is 15.1. The molecule has 6 rings (SSSR count). The van der Waals surface area contributed by atoms with E-state index in [0.29, 0.717) is 18.2 Å². The summed E-state index contributed by atoms with van der Waals surface area (Å²) in [7, 11) is 3.44. The molecule has 5 unspecified atom stereocenters. The summed E-state index contributed by atoms with van der Waals surface area (Å²) in [6, 6.07) is 15.2. The van der Waals surface area contributed by atoms with Gasteiger partial charge in [-0.2, -0.15) is 0 Å². The Kier molecular flexibility index (Phi) is 11.0. The predicted octanol–water partition coefficient (Wildman–Crippen LogP) is 6.70. The fraction of sp³-hybridized carbons (Fsp3) is 0.684. The second-order valence-corrected chi connectivity index (χ2v) is 14.3. The van der Waals surface area contributed by atoms with Crippen LogP contribution in [0.5, 0.6) is 23.0 Å². The summed E-state index contributed by atoms with van der Waals surface area (Å²) >= 11 is 0. The van der Waals surface area contributed by atoms with Crippen LogP contribution in [0.1, 0.15) is 84.1 Å². The van der Waals surface area contributed by atoms with Crippen molar-refractivity contribution in [3.63, 3.8) is 0 Å². The highest BCUT2D eigenvalue weighted by Crippen LogP contribution is 2.45. The number of methoxy groups -OCH3 is 2. The van der Waals surface area contributed by atoms with Gasteiger partial charge in [-0.05, 0) is 102 Å². The molecule has 2 aliphatic carbocycles. The molecule has 0 radical (unpaired) electrons. The first-order valence-electron chi connectivity index (χ1n) is 17.7. The van der Waals surface area contributed by atoms with Gasteiger partial charge in [-0.1, -0.05) is 12.8 Å². The molecule has 2 saturated carbocycles. The average Bonchev–Trinajstić information content (AvgIpc) is 3.01. The summed E-state index contributed by atoms with van der Waals surface area (Å²) in [6.07, 6.45) is 9.48. The Labute approximate surface area is 276 Å². The molecule has 0 amide bonds. The zero-order valence-electron chi connectivity index (χ0n) is 28.9. The van der Waals surface area contributed by atoms with Crippen LogP contribution in [0.4, 0.5) is 0 Å². The van der Waals surface area contributed by atoms with E-state index in [0.717, 1.165) is 68.4 Å². The first-order valence-corrected chi connectivity index (χ1v) is 17.7. The Morgan fingerprint density at radius 2 is 1.22 bits per heavy atom. The van der Waals surface area contributed by atoms with E-state index in [4.69, 9.17) is 28.4 Å². The SMILES string of the molecule is COc1ccc(OC2CN(C3CCC(OC(C)C)CC3c3cc(OC)ccc3OC3CN(C4CCCCC4OC(C)C)C3)C2)cc1. The van der Waals surface area contributed by atoms with Gasteiger partial charge in [0.25, 0.3) is 0 Å². The smallest absolute Gasteiger partial charge is 0.124 e. The van der Waals surface area contributed by atoms with Gasteiger partial charge in [-0.3, -0.25) is 9.80 Å². The Morgan fingerprint density at radius 3 is 1.89 bits per heavy atom. The molecule has 0 spiro atoms. The third-order valence-corrected chi connectivity index (χ3v) is 10.3. The number of ether oxygens (including phenoxy) is 6. The zero-order valence-corrected chi connectivity index (χ0v) is 28.9. The van der Waals surface area contributed by atoms with Crippen LogP contribution in [-0.2, 0) is 9.47 Å². The van der Waals surface area contributed by atoms with Crippen molar-refractivity contribution in [3.8, 4) is 23.0 Å². The first kappa shape index (κ1) is 33.4. The van der Waals surface area contributed by atoms with E-state index in [2.05, 4.69) is 49.6 Å². The summed E-state index contributed by atoms with van der Waals surface area (Å²) < 4.78 is 37.0. The van der Waals surface area contributed by atoms with Gasteiger partial charge in [0.15, 0.2) is 0 Å². The van der Waals surface area contributed by atoms with Gasteiger partial charge in [-0.15, -0.1) is 0 Å². The van der Waals surface area contributed by atoms with E-state index in [1.807, 2.05) is 30.3 Å². The molecule has 2 aromatic rings. The molecule has 254 valence electrons. The minimum Gasteiger partial charge on any atom is -0.497 e. The molecular formula is C38H56N2O6. The van der Waals surface area contributed by atoms with E-state index >= 15 is 0 Å². The van der Waals surface area contributed by atoms with Crippen LogP contribution in [0.3, 0.4) is 0 Å². The maximum Gasteiger partial charge on any atom is 0.124 e. The van der Waals surface area contributed by atoms with Gasteiger partial charge in [0, 0.05) is 49.7 Å². The highest BCUT2D eigenvalue weighted by atomic mass is 16.5. The molecule has 8 nitrogen and oxygen atoms in total. The van der Waals surface area contributed by atoms with Crippen molar-refractivity contribution in [2.75, 3.05) is 40.4 Å². The normalized spacial score (nSPS) is 28.1. The van der Waals surface area contributed by atoms with E-state index in [1.165, 1.54) is 31.2 Å². The third kappa shape index (κ3) is 7.95. The lowest BCUT2D eigenvalue weighted by molar-refractivity contribution is -0.102. The zero-order chi connectivity index (χ0) is 32.2. The van der Waals surface area contributed by atoms with Gasteiger partial charge < -0.3 is 28.4 Å². The summed E-state index contributed by atoms with van der Waals surface area (Å²) in [4.78, 5) is 5.20. The molecule has 2 saturated heterocycles. The third-order valence-electron chi connectivity index (χ3n) is 10.3. The van der Waals surface area contributed by atoms with Gasteiger partial charge in [0.1, 0.15) is 35.2 Å². The maximum atomic E-state index is 6.85. The number of hydrogen-bond donors (Lipinski definition) is 0. The number of benzene rings is 2. The van der Waals surface area contributed by atoms with Gasteiger partial charge >= 0.3 is 0 Å². The van der Waals surface area contributed by atoms with E-state index in [-0.39, 0.29) is 36.4 Å². The number of nitrogens with zero attached hydrogens (tertiary/aromatic N) is 2. The van der Waals surface area contributed by atoms with Crippen LogP contribution in [0.25, 0.3) is 0 Å². The largest absolute Gasteiger partial charge is 0.497 e. The lowest BCUT2D eigenvalue weighted by Gasteiger charge is -2.50. The molecule has 4 aliphatic rings. The van der Waals surface area contributed by atoms with Crippen LogP contribution < -0.4 is 18.9 Å². The standard InChI is InChI=1S/C38H56N2O6/c1-25(2)43-30-15-17-35(39-21-31(22-39)45-28-13-11-27(41-5)12-14-28)33(20-30)34-19-29(42-6)16-18-37(34)46-32-23-40(24-32)36-9-7-8-10-38(36)44-26(3)4/h11-14,16,18-19,25-26,30-33,35-36,38H,7-10,15,17,20-24H2,1-6H3. The quantitative estimate of drug-likeness (QED) is 0.241. The molecule has 0 N–H and O–H groups in total. The Morgan fingerprint density at radius 1 is 0.609 bits per heavy atom. The van der Waals surface area contributed by atoms with Crippen LogP contribution in [0, 0.1) is 0 Å². The fourth-order valence-electron chi connectivity index (χ4n) is 8.11. The molecule has 5 atom stereocenters. The average molecular weight is 637 g/mol. The van der Waals surface area contributed by atoms with Gasteiger partial charge in [-0.25, -0.2) is 0 Å². The maximum absolute atomic E-state index is 6.85. The van der Waals surface area contributed by atoms with Crippen molar-refractivity contribution >= 4 is 0 Å². The highest BCUT2D eigenvalue weighted by molar-refractivity contribution is 5.44. The molecule has 0 aromatic heterocycles. The van der Waals surface area contributed by atoms with Crippen LogP contribution in [0.2, 0.25) is 0 Å². The van der Waals surface area contributed by atoms with Crippen molar-refractivity contribution in [1.82, 2.24) is 9.80 Å². The van der Waals surface area contributed by atoms with E-state index < -0.39 is 0 Å². The van der Waals surface area contributed by atoms with E-state index in [1.54, 1.807) is 14.2 Å². The summed E-state index contributed by atoms with van der Waals surface area (Å²) in [5, 5.41) is 0. The van der Waals surface area contributed by atoms with Crippen molar-refractivity contribution < 1.29 is 28.4 Å². The molecular weight excluding hydrogens is 580 g/mol. The lowest BCUT2D eigenvalue weighted by Crippen LogP contribution is -2.61. The van der Waals surface area contributed by atoms with Crippen molar-refractivity contribution in [3.05, 3.63) is 48.0 Å². The summed E-state index contributed by atoms with van der Waals surface area (Å²) in [6.45, 7) is 12.3. The molecule has 0 bridgehead atoms. The monoisotopic (exact) mass is 636 g/mol. The molecule has 4 fully saturated rings. The fourth-order valence-corrected chi connectivity index (χ4v) is 8.11. The van der Waals surface area contributed by atoms with E-state index in [9.17, 15) is 0 Å². The molecule has 2 aliphatic heterocycles. The Hall–Kier alpha value is -2.52. The van der Waals surface area contributed by atoms with Gasteiger partial charge in [0.05, 0.1) is 38.6 Å². The molecule has 46 heavy (non-hydrogen) atoms. The van der Waals surface area contributed by atoms with Crippen LogP contribution >= 0.6 is 0 Å². The summed E-state index contributed by atoms with van der Waals surface area (Å²) in [5.41, 5.74) is 1.25. The number of likely N-dealkylation sites (tertiary alicyclic amines) is 2. The van der Waals surface area contributed by atoms with Crippen molar-refractivity contribution in [1.29, 1.82) is 0 Å². The first-order chi connectivity index (χ1) is 22.3. The minimum atomic E-state index is 0.184.